The Morgan fingerprint density at radius 2 is 1.95 bits per heavy atom. The van der Waals surface area contributed by atoms with Gasteiger partial charge in [0.15, 0.2) is 0 Å². The van der Waals surface area contributed by atoms with E-state index in [4.69, 9.17) is 5.73 Å². The number of aryl methyl sites for hydroxylation is 1. The molecule has 1 amide bonds. The monoisotopic (exact) mass is 313 g/mol. The van der Waals surface area contributed by atoms with Crippen molar-refractivity contribution < 1.29 is 13.2 Å². The molecule has 0 atom stereocenters. The number of likely N-dealkylation sites (N-methyl/N-ethyl adjacent to an activating group) is 1. The Balaban J connectivity index is 3.36. The zero-order chi connectivity index (χ0) is 16.2. The number of benzene rings is 1. The molecular weight excluding hydrogens is 290 g/mol. The van der Waals surface area contributed by atoms with Crippen LogP contribution in [0.4, 0.5) is 5.69 Å². The van der Waals surface area contributed by atoms with E-state index < -0.39 is 10.0 Å². The third-order valence-corrected chi connectivity index (χ3v) is 5.45. The van der Waals surface area contributed by atoms with E-state index in [2.05, 4.69) is 5.32 Å². The number of nitrogens with one attached hydrogen (secondary N) is 1. The SMILES string of the molecule is CCCN(CC(=O)NC)S(=O)(=O)c1c(C)ccc(N)c1C. The summed E-state index contributed by atoms with van der Waals surface area (Å²) in [7, 11) is -2.28. The number of sulfonamides is 1. The fraction of sp³-hybridized carbons (Fsp3) is 0.500. The summed E-state index contributed by atoms with van der Waals surface area (Å²) in [6.45, 7) is 5.36. The Bertz CT molecular complexity index is 627. The summed E-state index contributed by atoms with van der Waals surface area (Å²) in [5, 5.41) is 2.45. The lowest BCUT2D eigenvalue weighted by atomic mass is 10.1. The molecular formula is C14H23N3O3S. The molecule has 0 aliphatic rings. The van der Waals surface area contributed by atoms with Crippen LogP contribution in [0.2, 0.25) is 0 Å². The molecule has 0 radical (unpaired) electrons. The molecule has 0 aliphatic carbocycles. The second-order valence-corrected chi connectivity index (χ2v) is 6.81. The fourth-order valence-corrected chi connectivity index (χ4v) is 4.09. The molecule has 118 valence electrons. The minimum absolute atomic E-state index is 0.194. The summed E-state index contributed by atoms with van der Waals surface area (Å²) in [5.41, 5.74) is 7.40. The maximum atomic E-state index is 12.9. The molecule has 0 saturated heterocycles. The second-order valence-electron chi connectivity index (χ2n) is 4.94. The molecule has 1 rings (SSSR count). The quantitative estimate of drug-likeness (QED) is 0.767. The normalized spacial score (nSPS) is 11.7. The number of nitrogen functional groups attached to an aromatic ring is 1. The van der Waals surface area contributed by atoms with Crippen LogP contribution in [0.25, 0.3) is 0 Å². The molecule has 0 spiro atoms. The van der Waals surface area contributed by atoms with Crippen LogP contribution < -0.4 is 11.1 Å². The lowest BCUT2D eigenvalue weighted by Crippen LogP contribution is -2.40. The van der Waals surface area contributed by atoms with Crippen molar-refractivity contribution in [3.63, 3.8) is 0 Å². The van der Waals surface area contributed by atoms with Crippen molar-refractivity contribution in [1.29, 1.82) is 0 Å². The Labute approximate surface area is 126 Å². The van der Waals surface area contributed by atoms with Crippen LogP contribution in [0, 0.1) is 13.8 Å². The van der Waals surface area contributed by atoms with Gasteiger partial charge >= 0.3 is 0 Å². The van der Waals surface area contributed by atoms with E-state index in [-0.39, 0.29) is 23.9 Å². The van der Waals surface area contributed by atoms with Crippen LogP contribution in [0.3, 0.4) is 0 Å². The Kier molecular flexibility index (Phi) is 5.74. The predicted molar refractivity (Wildman–Crippen MR) is 83.4 cm³/mol. The van der Waals surface area contributed by atoms with E-state index in [1.165, 1.54) is 11.4 Å². The first-order chi connectivity index (χ1) is 9.75. The summed E-state index contributed by atoms with van der Waals surface area (Å²) >= 11 is 0. The molecule has 21 heavy (non-hydrogen) atoms. The number of carbonyl (C=O) groups is 1. The average molecular weight is 313 g/mol. The van der Waals surface area contributed by atoms with Gasteiger partial charge in [-0.05, 0) is 37.5 Å². The number of nitrogens with zero attached hydrogens (tertiary/aromatic N) is 1. The number of amides is 1. The van der Waals surface area contributed by atoms with Gasteiger partial charge in [-0.15, -0.1) is 0 Å². The lowest BCUT2D eigenvalue weighted by Gasteiger charge is -2.23. The molecule has 6 nitrogen and oxygen atoms in total. The third-order valence-electron chi connectivity index (χ3n) is 3.31. The summed E-state index contributed by atoms with van der Waals surface area (Å²) in [6, 6.07) is 3.37. The van der Waals surface area contributed by atoms with Crippen molar-refractivity contribution in [3.8, 4) is 0 Å². The molecule has 0 heterocycles. The van der Waals surface area contributed by atoms with Crippen LogP contribution in [-0.4, -0.2) is 38.8 Å². The number of hydrogen-bond acceptors (Lipinski definition) is 4. The van der Waals surface area contributed by atoms with Crippen molar-refractivity contribution >= 4 is 21.6 Å². The van der Waals surface area contributed by atoms with E-state index in [1.54, 1.807) is 26.0 Å². The van der Waals surface area contributed by atoms with Crippen molar-refractivity contribution in [2.45, 2.75) is 32.1 Å². The molecule has 0 aromatic heterocycles. The van der Waals surface area contributed by atoms with Crippen LogP contribution >= 0.6 is 0 Å². The van der Waals surface area contributed by atoms with Gasteiger partial charge in [-0.25, -0.2) is 8.42 Å². The van der Waals surface area contributed by atoms with Crippen molar-refractivity contribution in [1.82, 2.24) is 9.62 Å². The zero-order valence-corrected chi connectivity index (χ0v) is 13.8. The lowest BCUT2D eigenvalue weighted by molar-refractivity contribution is -0.120. The predicted octanol–water partition coefficient (Wildman–Crippen LogP) is 1.03. The first kappa shape index (κ1) is 17.5. The van der Waals surface area contributed by atoms with Gasteiger partial charge in [-0.2, -0.15) is 4.31 Å². The number of anilines is 1. The summed E-state index contributed by atoms with van der Waals surface area (Å²) in [6.07, 6.45) is 0.622. The standard InChI is InChI=1S/C14H23N3O3S/c1-5-8-17(9-13(18)16-4)21(19,20)14-10(2)6-7-12(15)11(14)3/h6-7H,5,8-9,15H2,1-4H3,(H,16,18). The average Bonchev–Trinajstić information content (AvgIpc) is 2.42. The highest BCUT2D eigenvalue weighted by atomic mass is 32.2. The van der Waals surface area contributed by atoms with Crippen LogP contribution in [-0.2, 0) is 14.8 Å². The molecule has 7 heteroatoms. The summed E-state index contributed by atoms with van der Waals surface area (Å²) in [4.78, 5) is 11.8. The van der Waals surface area contributed by atoms with Gasteiger partial charge in [0.1, 0.15) is 0 Å². The van der Waals surface area contributed by atoms with Crippen LogP contribution in [0.15, 0.2) is 17.0 Å². The topological polar surface area (TPSA) is 92.5 Å². The van der Waals surface area contributed by atoms with Gasteiger partial charge < -0.3 is 11.1 Å². The number of rotatable bonds is 6. The summed E-state index contributed by atoms with van der Waals surface area (Å²) in [5.74, 6) is -0.341. The van der Waals surface area contributed by atoms with Gasteiger partial charge in [0, 0.05) is 19.3 Å². The highest BCUT2D eigenvalue weighted by molar-refractivity contribution is 7.89. The second kappa shape index (κ2) is 6.91. The minimum Gasteiger partial charge on any atom is -0.398 e. The molecule has 0 fully saturated rings. The molecule has 0 bridgehead atoms. The maximum absolute atomic E-state index is 12.9. The van der Waals surface area contributed by atoms with E-state index in [0.29, 0.717) is 23.2 Å². The maximum Gasteiger partial charge on any atom is 0.244 e. The Morgan fingerprint density at radius 3 is 2.48 bits per heavy atom. The first-order valence-electron chi connectivity index (χ1n) is 6.82. The number of hydrogen-bond donors (Lipinski definition) is 2. The molecule has 1 aromatic carbocycles. The largest absolute Gasteiger partial charge is 0.398 e. The van der Waals surface area contributed by atoms with E-state index in [0.717, 1.165) is 0 Å². The highest BCUT2D eigenvalue weighted by Crippen LogP contribution is 2.27. The summed E-state index contributed by atoms with van der Waals surface area (Å²) < 4.78 is 26.9. The van der Waals surface area contributed by atoms with Gasteiger partial charge in [0.2, 0.25) is 15.9 Å². The van der Waals surface area contributed by atoms with Gasteiger partial charge in [0.25, 0.3) is 0 Å². The van der Waals surface area contributed by atoms with Gasteiger partial charge in [-0.3, -0.25) is 4.79 Å². The molecule has 0 unspecified atom stereocenters. The smallest absolute Gasteiger partial charge is 0.244 e. The minimum atomic E-state index is -3.76. The van der Waals surface area contributed by atoms with Crippen molar-refractivity contribution in [2.75, 3.05) is 25.9 Å². The molecule has 0 aliphatic heterocycles. The highest BCUT2D eigenvalue weighted by Gasteiger charge is 2.29. The molecule has 3 N–H and O–H groups in total. The van der Waals surface area contributed by atoms with Crippen LogP contribution in [0.1, 0.15) is 24.5 Å². The van der Waals surface area contributed by atoms with E-state index in [1.807, 2.05) is 6.92 Å². The molecule has 0 saturated carbocycles. The first-order valence-corrected chi connectivity index (χ1v) is 8.26. The molecule has 1 aromatic rings. The van der Waals surface area contributed by atoms with Gasteiger partial charge in [-0.1, -0.05) is 13.0 Å². The Hall–Kier alpha value is -1.60. The van der Waals surface area contributed by atoms with Crippen LogP contribution in [0.5, 0.6) is 0 Å². The fourth-order valence-electron chi connectivity index (χ4n) is 2.14. The van der Waals surface area contributed by atoms with Gasteiger partial charge in [0.05, 0.1) is 11.4 Å². The zero-order valence-electron chi connectivity index (χ0n) is 12.9. The Morgan fingerprint density at radius 1 is 1.33 bits per heavy atom. The van der Waals surface area contributed by atoms with Crippen molar-refractivity contribution in [2.24, 2.45) is 0 Å². The van der Waals surface area contributed by atoms with E-state index in [9.17, 15) is 13.2 Å². The van der Waals surface area contributed by atoms with E-state index >= 15 is 0 Å². The van der Waals surface area contributed by atoms with Crippen molar-refractivity contribution in [3.05, 3.63) is 23.3 Å². The number of carbonyl (C=O) groups excluding carboxylic acids is 1. The third kappa shape index (κ3) is 3.74. The number of nitrogens with two attached hydrogens (primary N) is 1.